The molecule has 0 aliphatic heterocycles. The number of halogens is 2. The molecule has 1 N–H and O–H groups in total. The quantitative estimate of drug-likeness (QED) is 0.302. The minimum Gasteiger partial charge on any atom is -0.323 e. The summed E-state index contributed by atoms with van der Waals surface area (Å²) in [6.45, 7) is 3.93. The van der Waals surface area contributed by atoms with Crippen molar-refractivity contribution >= 4 is 58.9 Å². The number of pyridine rings is 2. The summed E-state index contributed by atoms with van der Waals surface area (Å²) in [6.07, 6.45) is 3.08. The molecule has 0 aliphatic carbocycles. The molecule has 0 fully saturated rings. The van der Waals surface area contributed by atoms with Crippen molar-refractivity contribution < 1.29 is 13.6 Å². The summed E-state index contributed by atoms with van der Waals surface area (Å²) < 4.78 is 24.9. The van der Waals surface area contributed by atoms with E-state index in [2.05, 4.69) is 20.3 Å². The summed E-state index contributed by atoms with van der Waals surface area (Å²) in [7, 11) is -1.87. The summed E-state index contributed by atoms with van der Waals surface area (Å²) in [5.41, 5.74) is 1.69. The highest BCUT2D eigenvalue weighted by Crippen LogP contribution is 2.46. The summed E-state index contributed by atoms with van der Waals surface area (Å²) in [6, 6.07) is 9.97. The molecule has 3 aromatic heterocycles. The average Bonchev–Trinajstić information content (AvgIpc) is 2.83. The van der Waals surface area contributed by atoms with Gasteiger partial charge in [-0.1, -0.05) is 29.3 Å². The molecule has 12 heteroatoms. The topological polar surface area (TPSA) is 108 Å². The highest BCUT2D eigenvalue weighted by atomic mass is 35.5. The first-order valence-corrected chi connectivity index (χ1v) is 13.0. The molecule has 1 aromatic carbocycles. The van der Waals surface area contributed by atoms with Crippen molar-refractivity contribution in [2.45, 2.75) is 13.8 Å². The van der Waals surface area contributed by atoms with Gasteiger partial charge in [0.15, 0.2) is 5.44 Å². The number of nitrogens with zero attached hydrogens (tertiary/aromatic N) is 4. The van der Waals surface area contributed by atoms with Crippen LogP contribution in [0.1, 0.15) is 13.8 Å². The molecule has 0 atom stereocenters. The normalized spacial score (nSPS) is 11.7. The second kappa shape index (κ2) is 10.4. The van der Waals surface area contributed by atoms with Crippen LogP contribution in [0.4, 0.5) is 11.6 Å². The molecule has 0 radical (unpaired) electrons. The summed E-state index contributed by atoms with van der Waals surface area (Å²) >= 11 is 12.6. The number of aryl methyl sites for hydroxylation is 1. The molecule has 4 aromatic rings. The van der Waals surface area contributed by atoms with Gasteiger partial charge in [0, 0.05) is 24.2 Å². The fourth-order valence-electron chi connectivity index (χ4n) is 3.50. The van der Waals surface area contributed by atoms with Gasteiger partial charge in [-0.25, -0.2) is 9.97 Å². The van der Waals surface area contributed by atoms with E-state index in [0.29, 0.717) is 37.9 Å². The lowest BCUT2D eigenvalue weighted by atomic mass is 10.1. The Labute approximate surface area is 211 Å². The number of anilines is 2. The zero-order valence-corrected chi connectivity index (χ0v) is 21.6. The van der Waals surface area contributed by atoms with Gasteiger partial charge in [-0.05, 0) is 44.2 Å². The number of hydrogen-bond acceptors (Lipinski definition) is 8. The van der Waals surface area contributed by atoms with Gasteiger partial charge >= 0.3 is 7.60 Å². The predicted octanol–water partition coefficient (Wildman–Crippen LogP) is 5.33. The molecule has 35 heavy (non-hydrogen) atoms. The smallest absolute Gasteiger partial charge is 0.323 e. The van der Waals surface area contributed by atoms with Crippen molar-refractivity contribution in [3.8, 4) is 11.1 Å². The third-order valence-corrected chi connectivity index (χ3v) is 7.72. The first kappa shape index (κ1) is 25.3. The van der Waals surface area contributed by atoms with E-state index in [1.807, 2.05) is 0 Å². The van der Waals surface area contributed by atoms with E-state index in [-0.39, 0.29) is 30.2 Å². The van der Waals surface area contributed by atoms with Crippen LogP contribution >= 0.6 is 30.8 Å². The monoisotopic (exact) mass is 533 g/mol. The van der Waals surface area contributed by atoms with Crippen molar-refractivity contribution in [2.24, 2.45) is 7.05 Å². The fourth-order valence-corrected chi connectivity index (χ4v) is 5.58. The van der Waals surface area contributed by atoms with Crippen LogP contribution in [0.5, 0.6) is 0 Å². The maximum absolute atomic E-state index is 13.1. The SMILES string of the molecule is CCOP(=O)(OCC)c1ccc(Nc2ncc3cc(-c4c(Cl)cccc4Cl)c(=O)n(C)c3n2)cn1. The predicted molar refractivity (Wildman–Crippen MR) is 138 cm³/mol. The zero-order valence-electron chi connectivity index (χ0n) is 19.2. The number of fused-ring (bicyclic) bond motifs is 1. The summed E-state index contributed by atoms with van der Waals surface area (Å²) in [5, 5.41) is 4.42. The van der Waals surface area contributed by atoms with Crippen LogP contribution in [0.15, 0.2) is 53.6 Å². The highest BCUT2D eigenvalue weighted by molar-refractivity contribution is 7.61. The van der Waals surface area contributed by atoms with E-state index >= 15 is 0 Å². The molecule has 4 rings (SSSR count). The highest BCUT2D eigenvalue weighted by Gasteiger charge is 2.28. The second-order valence-electron chi connectivity index (χ2n) is 7.35. The van der Waals surface area contributed by atoms with Crippen molar-refractivity contribution in [1.82, 2.24) is 19.5 Å². The number of nitrogens with one attached hydrogen (secondary N) is 1. The van der Waals surface area contributed by atoms with Crippen LogP contribution in [0, 0.1) is 0 Å². The Morgan fingerprint density at radius 3 is 2.31 bits per heavy atom. The van der Waals surface area contributed by atoms with E-state index in [0.717, 1.165) is 0 Å². The Morgan fingerprint density at radius 1 is 1.03 bits per heavy atom. The third kappa shape index (κ3) is 5.10. The van der Waals surface area contributed by atoms with Crippen LogP contribution in [-0.4, -0.2) is 32.7 Å². The first-order valence-electron chi connectivity index (χ1n) is 10.7. The number of hydrogen-bond donors (Lipinski definition) is 1. The minimum atomic E-state index is -3.48. The Hall–Kier alpha value is -2.81. The lowest BCUT2D eigenvalue weighted by Gasteiger charge is -2.16. The van der Waals surface area contributed by atoms with Gasteiger partial charge in [0.25, 0.3) is 5.56 Å². The zero-order chi connectivity index (χ0) is 25.2. The third-order valence-electron chi connectivity index (χ3n) is 5.06. The molecular weight excluding hydrogens is 512 g/mol. The maximum atomic E-state index is 13.1. The van der Waals surface area contributed by atoms with Gasteiger partial charge in [-0.15, -0.1) is 0 Å². The van der Waals surface area contributed by atoms with E-state index in [4.69, 9.17) is 32.2 Å². The van der Waals surface area contributed by atoms with Crippen molar-refractivity contribution in [1.29, 1.82) is 0 Å². The molecule has 0 amide bonds. The lowest BCUT2D eigenvalue weighted by Crippen LogP contribution is -2.20. The molecule has 0 unspecified atom stereocenters. The van der Waals surface area contributed by atoms with Gasteiger partial charge in [0.1, 0.15) is 5.65 Å². The molecule has 0 aliphatic rings. The second-order valence-corrected chi connectivity index (χ2v) is 10.1. The van der Waals surface area contributed by atoms with E-state index in [9.17, 15) is 9.36 Å². The van der Waals surface area contributed by atoms with Gasteiger partial charge in [0.2, 0.25) is 5.95 Å². The van der Waals surface area contributed by atoms with Crippen molar-refractivity contribution in [3.05, 3.63) is 69.2 Å². The van der Waals surface area contributed by atoms with Gasteiger partial charge < -0.3 is 14.4 Å². The standard InChI is InChI=1S/C23H22Cl2N5O4P/c1-4-33-35(32,34-5-2)19-10-9-15(13-26-19)28-23-27-12-14-11-16(22(31)30(3)21(14)29-23)20-17(24)7-6-8-18(20)25/h6-13H,4-5H2,1-3H3,(H,27,28,29). The first-order chi connectivity index (χ1) is 16.8. The van der Waals surface area contributed by atoms with Crippen LogP contribution in [0.25, 0.3) is 22.2 Å². The fraction of sp³-hybridized carbons (Fsp3) is 0.217. The lowest BCUT2D eigenvalue weighted by molar-refractivity contribution is 0.229. The van der Waals surface area contributed by atoms with Gasteiger partial charge in [-0.2, -0.15) is 4.98 Å². The summed E-state index contributed by atoms with van der Waals surface area (Å²) in [4.78, 5) is 26.2. The van der Waals surface area contributed by atoms with Crippen LogP contribution < -0.4 is 16.3 Å². The Kier molecular flexibility index (Phi) is 7.54. The minimum absolute atomic E-state index is 0.208. The summed E-state index contributed by atoms with van der Waals surface area (Å²) in [5.74, 6) is 0.253. The van der Waals surface area contributed by atoms with Crippen LogP contribution in [0.3, 0.4) is 0 Å². The van der Waals surface area contributed by atoms with Gasteiger partial charge in [0.05, 0.1) is 40.7 Å². The molecule has 0 saturated carbocycles. The number of benzene rings is 1. The molecule has 0 spiro atoms. The molecular formula is C23H22Cl2N5O4P. The van der Waals surface area contributed by atoms with E-state index in [1.54, 1.807) is 63.5 Å². The Bertz CT molecular complexity index is 1460. The largest absolute Gasteiger partial charge is 0.379 e. The molecule has 0 saturated heterocycles. The van der Waals surface area contributed by atoms with Crippen molar-refractivity contribution in [3.63, 3.8) is 0 Å². The number of aromatic nitrogens is 4. The average molecular weight is 534 g/mol. The van der Waals surface area contributed by atoms with E-state index in [1.165, 1.54) is 10.8 Å². The molecule has 3 heterocycles. The molecule has 9 nitrogen and oxygen atoms in total. The maximum Gasteiger partial charge on any atom is 0.379 e. The van der Waals surface area contributed by atoms with Crippen molar-refractivity contribution in [2.75, 3.05) is 18.5 Å². The van der Waals surface area contributed by atoms with E-state index < -0.39 is 7.60 Å². The Morgan fingerprint density at radius 2 is 1.71 bits per heavy atom. The molecule has 182 valence electrons. The van der Waals surface area contributed by atoms with Gasteiger partial charge in [-0.3, -0.25) is 13.9 Å². The number of rotatable bonds is 8. The molecule has 0 bridgehead atoms. The Balaban J connectivity index is 1.66. The van der Waals surface area contributed by atoms with Crippen LogP contribution in [-0.2, 0) is 20.7 Å². The van der Waals surface area contributed by atoms with Crippen LogP contribution in [0.2, 0.25) is 10.0 Å².